The predicted octanol–water partition coefficient (Wildman–Crippen LogP) is 2.18. The largest absolute Gasteiger partial charge is 0.433 e. The van der Waals surface area contributed by atoms with Gasteiger partial charge in [-0.25, -0.2) is 9.97 Å². The Kier molecular flexibility index (Phi) is 3.61. The van der Waals surface area contributed by atoms with Crippen LogP contribution < -0.4 is 5.32 Å². The zero-order valence-corrected chi connectivity index (χ0v) is 9.30. The van der Waals surface area contributed by atoms with Crippen molar-refractivity contribution in [2.45, 2.75) is 37.9 Å². The number of aryl methyl sites for hydroxylation is 1. The molecule has 3 nitrogen and oxygen atoms in total. The maximum Gasteiger partial charge on any atom is 0.433 e. The molecule has 0 aliphatic carbocycles. The Hall–Kier alpha value is -1.17. The average Bonchev–Trinajstić information content (AvgIpc) is 2.78. The summed E-state index contributed by atoms with van der Waals surface area (Å²) < 4.78 is 37.2. The van der Waals surface area contributed by atoms with E-state index in [9.17, 15) is 13.2 Å². The molecule has 0 amide bonds. The standard InChI is InChI=1S/C11H14F3N3/c12-11(13,14)9-5-7-16-10(17-9)4-3-8-2-1-6-15-8/h5,7-8,15H,1-4,6H2. The zero-order valence-electron chi connectivity index (χ0n) is 9.30. The Balaban J connectivity index is 1.96. The van der Waals surface area contributed by atoms with Crippen molar-refractivity contribution in [2.24, 2.45) is 0 Å². The highest BCUT2D eigenvalue weighted by Gasteiger charge is 2.32. The van der Waals surface area contributed by atoms with Gasteiger partial charge in [-0.3, -0.25) is 0 Å². The van der Waals surface area contributed by atoms with Crippen molar-refractivity contribution in [3.05, 3.63) is 23.8 Å². The number of hydrogen-bond donors (Lipinski definition) is 1. The second kappa shape index (κ2) is 5.00. The smallest absolute Gasteiger partial charge is 0.314 e. The Morgan fingerprint density at radius 1 is 1.41 bits per heavy atom. The quantitative estimate of drug-likeness (QED) is 0.887. The van der Waals surface area contributed by atoms with E-state index < -0.39 is 11.9 Å². The van der Waals surface area contributed by atoms with Gasteiger partial charge in [0, 0.05) is 18.7 Å². The highest BCUT2D eigenvalue weighted by Crippen LogP contribution is 2.27. The first-order valence-electron chi connectivity index (χ1n) is 5.68. The average molecular weight is 245 g/mol. The van der Waals surface area contributed by atoms with Crippen molar-refractivity contribution in [3.8, 4) is 0 Å². The van der Waals surface area contributed by atoms with Crippen LogP contribution in [0.15, 0.2) is 12.3 Å². The van der Waals surface area contributed by atoms with Crippen molar-refractivity contribution in [2.75, 3.05) is 6.54 Å². The van der Waals surface area contributed by atoms with Crippen molar-refractivity contribution in [3.63, 3.8) is 0 Å². The van der Waals surface area contributed by atoms with Crippen LogP contribution in [0.1, 0.15) is 30.8 Å². The summed E-state index contributed by atoms with van der Waals surface area (Å²) >= 11 is 0. The van der Waals surface area contributed by atoms with Gasteiger partial charge in [0.1, 0.15) is 11.5 Å². The normalized spacial score (nSPS) is 20.8. The molecule has 2 heterocycles. The zero-order chi connectivity index (χ0) is 12.3. The summed E-state index contributed by atoms with van der Waals surface area (Å²) in [6.45, 7) is 0.994. The van der Waals surface area contributed by atoms with Crippen molar-refractivity contribution < 1.29 is 13.2 Å². The number of aromatic nitrogens is 2. The maximum atomic E-state index is 12.4. The van der Waals surface area contributed by atoms with Gasteiger partial charge in [-0.1, -0.05) is 0 Å². The van der Waals surface area contributed by atoms with Crippen LogP contribution in [0.5, 0.6) is 0 Å². The lowest BCUT2D eigenvalue weighted by atomic mass is 10.1. The second-order valence-corrected chi connectivity index (χ2v) is 4.19. The van der Waals surface area contributed by atoms with Gasteiger partial charge < -0.3 is 5.32 Å². The Labute approximate surface area is 97.5 Å². The molecule has 1 aliphatic heterocycles. The maximum absolute atomic E-state index is 12.4. The molecule has 1 fully saturated rings. The molecule has 1 unspecified atom stereocenters. The lowest BCUT2D eigenvalue weighted by molar-refractivity contribution is -0.141. The summed E-state index contributed by atoms with van der Waals surface area (Å²) in [5.74, 6) is 0.272. The minimum Gasteiger partial charge on any atom is -0.314 e. The summed E-state index contributed by atoms with van der Waals surface area (Å²) in [4.78, 5) is 7.42. The molecular weight excluding hydrogens is 231 g/mol. The summed E-state index contributed by atoms with van der Waals surface area (Å²) in [6, 6.07) is 1.30. The highest BCUT2D eigenvalue weighted by atomic mass is 19.4. The van der Waals surface area contributed by atoms with Crippen molar-refractivity contribution >= 4 is 0 Å². The predicted molar refractivity (Wildman–Crippen MR) is 56.4 cm³/mol. The van der Waals surface area contributed by atoms with E-state index in [-0.39, 0.29) is 5.82 Å². The third-order valence-corrected chi connectivity index (χ3v) is 2.87. The highest BCUT2D eigenvalue weighted by molar-refractivity contribution is 5.06. The van der Waals surface area contributed by atoms with Crippen LogP contribution in [-0.2, 0) is 12.6 Å². The van der Waals surface area contributed by atoms with Gasteiger partial charge >= 0.3 is 6.18 Å². The van der Waals surface area contributed by atoms with E-state index in [0.717, 1.165) is 31.9 Å². The number of alkyl halides is 3. The minimum atomic E-state index is -4.39. The monoisotopic (exact) mass is 245 g/mol. The Morgan fingerprint density at radius 2 is 2.24 bits per heavy atom. The van der Waals surface area contributed by atoms with Gasteiger partial charge in [-0.15, -0.1) is 0 Å². The molecule has 1 atom stereocenters. The van der Waals surface area contributed by atoms with E-state index in [2.05, 4.69) is 15.3 Å². The fraction of sp³-hybridized carbons (Fsp3) is 0.636. The van der Waals surface area contributed by atoms with Gasteiger partial charge in [0.25, 0.3) is 0 Å². The summed E-state index contributed by atoms with van der Waals surface area (Å²) in [6.07, 6.45) is 0.284. The van der Waals surface area contributed by atoms with Gasteiger partial charge in [0.2, 0.25) is 0 Å². The lowest BCUT2D eigenvalue weighted by Gasteiger charge is -2.10. The molecule has 1 aromatic rings. The summed E-state index contributed by atoms with van der Waals surface area (Å²) in [5.41, 5.74) is -0.859. The lowest BCUT2D eigenvalue weighted by Crippen LogP contribution is -2.22. The van der Waals surface area contributed by atoms with Crippen LogP contribution in [0.4, 0.5) is 13.2 Å². The fourth-order valence-electron chi connectivity index (χ4n) is 1.98. The third-order valence-electron chi connectivity index (χ3n) is 2.87. The number of nitrogens with one attached hydrogen (secondary N) is 1. The molecule has 2 rings (SSSR count). The van der Waals surface area contributed by atoms with E-state index in [0.29, 0.717) is 12.5 Å². The van der Waals surface area contributed by atoms with E-state index in [1.807, 2.05) is 0 Å². The molecule has 6 heteroatoms. The number of hydrogen-bond acceptors (Lipinski definition) is 3. The molecule has 1 N–H and O–H groups in total. The minimum absolute atomic E-state index is 0.272. The summed E-state index contributed by atoms with van der Waals surface area (Å²) in [5, 5.41) is 3.29. The first-order chi connectivity index (χ1) is 8.05. The SMILES string of the molecule is FC(F)(F)c1ccnc(CCC2CCCN2)n1. The molecule has 94 valence electrons. The van der Waals surface area contributed by atoms with Gasteiger partial charge in [-0.05, 0) is 31.9 Å². The van der Waals surface area contributed by atoms with Gasteiger partial charge in [-0.2, -0.15) is 13.2 Å². The Morgan fingerprint density at radius 3 is 2.88 bits per heavy atom. The van der Waals surface area contributed by atoms with Gasteiger partial charge in [0.15, 0.2) is 0 Å². The first kappa shape index (κ1) is 12.3. The Bertz CT molecular complexity index is 372. The molecule has 1 aliphatic rings. The number of halogens is 3. The van der Waals surface area contributed by atoms with Crippen LogP contribution in [0, 0.1) is 0 Å². The molecule has 17 heavy (non-hydrogen) atoms. The van der Waals surface area contributed by atoms with Crippen LogP contribution in [0.25, 0.3) is 0 Å². The van der Waals surface area contributed by atoms with Crippen LogP contribution >= 0.6 is 0 Å². The molecule has 0 radical (unpaired) electrons. The molecule has 0 spiro atoms. The number of nitrogens with zero attached hydrogens (tertiary/aromatic N) is 2. The van der Waals surface area contributed by atoms with Crippen molar-refractivity contribution in [1.82, 2.24) is 15.3 Å². The topological polar surface area (TPSA) is 37.8 Å². The van der Waals surface area contributed by atoms with E-state index >= 15 is 0 Å². The summed E-state index contributed by atoms with van der Waals surface area (Å²) in [7, 11) is 0. The number of rotatable bonds is 3. The first-order valence-corrected chi connectivity index (χ1v) is 5.68. The third kappa shape index (κ3) is 3.39. The second-order valence-electron chi connectivity index (χ2n) is 4.19. The van der Waals surface area contributed by atoms with E-state index in [1.165, 1.54) is 6.20 Å². The van der Waals surface area contributed by atoms with E-state index in [1.54, 1.807) is 0 Å². The van der Waals surface area contributed by atoms with Crippen LogP contribution in [-0.4, -0.2) is 22.6 Å². The molecule has 0 saturated carbocycles. The molecule has 0 bridgehead atoms. The van der Waals surface area contributed by atoms with Crippen LogP contribution in [0.3, 0.4) is 0 Å². The van der Waals surface area contributed by atoms with Crippen LogP contribution in [0.2, 0.25) is 0 Å². The molecular formula is C11H14F3N3. The van der Waals surface area contributed by atoms with E-state index in [4.69, 9.17) is 0 Å². The van der Waals surface area contributed by atoms with Gasteiger partial charge in [0.05, 0.1) is 0 Å². The fourth-order valence-corrected chi connectivity index (χ4v) is 1.98. The molecule has 0 aromatic carbocycles. The van der Waals surface area contributed by atoms with Crippen molar-refractivity contribution in [1.29, 1.82) is 0 Å². The molecule has 1 aromatic heterocycles. The molecule has 1 saturated heterocycles.